The van der Waals surface area contributed by atoms with E-state index in [4.69, 9.17) is 18.9 Å². The summed E-state index contributed by atoms with van der Waals surface area (Å²) in [5.74, 6) is 0.939. The first-order chi connectivity index (χ1) is 20.0. The first-order valence-corrected chi connectivity index (χ1v) is 15.0. The van der Waals surface area contributed by atoms with Crippen LogP contribution in [0.25, 0.3) is 11.5 Å². The Morgan fingerprint density at radius 1 is 1.21 bits per heavy atom. The van der Waals surface area contributed by atoms with Crippen molar-refractivity contribution in [3.05, 3.63) is 65.7 Å². The van der Waals surface area contributed by atoms with E-state index < -0.39 is 18.2 Å². The number of aliphatic hydroxyl groups is 1. The number of nitrogens with one attached hydrogen (secondary N) is 2. The number of amides is 1. The molecule has 0 bridgehead atoms. The molecule has 9 heteroatoms. The molecule has 1 unspecified atom stereocenters. The standard InChI is InChI=1S/C33H44N4O5/c1-21(40-5)29(39)37-26(16-22-8-6-9-24(14-22)30-34-12-13-41-30)28(38)20-35-27-18-33(10-7-11-33)42-31-25(27)15-23(19-36-31)17-32(2,3)4/h6,8-9,12-15,19,21,26-28,35,38H,7,10-11,16-18,20H2,1-5H3,(H,37,39)/t21?,26-,27-,28+/m0/s1. The molecule has 5 rings (SSSR count). The quantitative estimate of drug-likeness (QED) is 0.298. The highest BCUT2D eigenvalue weighted by molar-refractivity contribution is 5.80. The largest absolute Gasteiger partial charge is 0.471 e. The molecule has 1 aromatic carbocycles. The zero-order valence-corrected chi connectivity index (χ0v) is 25.4. The van der Waals surface area contributed by atoms with E-state index in [1.54, 1.807) is 13.1 Å². The highest BCUT2D eigenvalue weighted by Crippen LogP contribution is 2.48. The molecule has 3 aromatic rings. The lowest BCUT2D eigenvalue weighted by atomic mass is 9.73. The Kier molecular flexibility index (Phi) is 9.01. The van der Waals surface area contributed by atoms with Crippen LogP contribution in [0.5, 0.6) is 5.88 Å². The van der Waals surface area contributed by atoms with Gasteiger partial charge in [-0.25, -0.2) is 9.97 Å². The van der Waals surface area contributed by atoms with E-state index >= 15 is 0 Å². The van der Waals surface area contributed by atoms with Gasteiger partial charge < -0.3 is 29.6 Å². The van der Waals surface area contributed by atoms with Gasteiger partial charge in [0.15, 0.2) is 0 Å². The van der Waals surface area contributed by atoms with Crippen molar-refractivity contribution in [2.75, 3.05) is 13.7 Å². The molecular weight excluding hydrogens is 532 g/mol. The van der Waals surface area contributed by atoms with E-state index in [1.165, 1.54) is 18.9 Å². The number of fused-ring (bicyclic) bond motifs is 1. The van der Waals surface area contributed by atoms with Crippen LogP contribution in [0.4, 0.5) is 0 Å². The summed E-state index contributed by atoms with van der Waals surface area (Å²) in [5.41, 5.74) is 3.93. The Labute approximate surface area is 248 Å². The van der Waals surface area contributed by atoms with Crippen LogP contribution < -0.4 is 15.4 Å². The van der Waals surface area contributed by atoms with Gasteiger partial charge in [0.05, 0.1) is 18.3 Å². The minimum absolute atomic E-state index is 0.0151. The summed E-state index contributed by atoms with van der Waals surface area (Å²) in [6, 6.07) is 9.44. The smallest absolute Gasteiger partial charge is 0.249 e. The molecule has 226 valence electrons. The first-order valence-electron chi connectivity index (χ1n) is 15.0. The molecular formula is C33H44N4O5. The molecule has 9 nitrogen and oxygen atoms in total. The lowest BCUT2D eigenvalue weighted by Crippen LogP contribution is -2.53. The van der Waals surface area contributed by atoms with Crippen LogP contribution in [0.3, 0.4) is 0 Å². The number of rotatable bonds is 11. The Balaban J connectivity index is 1.34. The molecule has 42 heavy (non-hydrogen) atoms. The zero-order valence-electron chi connectivity index (χ0n) is 25.4. The normalized spacial score (nSPS) is 19.7. The third kappa shape index (κ3) is 7.19. The number of benzene rings is 1. The second kappa shape index (κ2) is 12.5. The highest BCUT2D eigenvalue weighted by atomic mass is 16.5. The Morgan fingerprint density at radius 2 is 2.02 bits per heavy atom. The molecule has 0 radical (unpaired) electrons. The number of carbonyl (C=O) groups is 1. The number of aliphatic hydroxyl groups excluding tert-OH is 1. The molecule has 4 atom stereocenters. The fourth-order valence-electron chi connectivity index (χ4n) is 5.89. The number of aromatic nitrogens is 2. The molecule has 1 aliphatic carbocycles. The van der Waals surface area contributed by atoms with E-state index in [0.29, 0.717) is 18.2 Å². The van der Waals surface area contributed by atoms with Gasteiger partial charge in [0.25, 0.3) is 0 Å². The molecule has 3 heterocycles. The lowest BCUT2D eigenvalue weighted by molar-refractivity contribution is -0.131. The van der Waals surface area contributed by atoms with Crippen molar-refractivity contribution in [3.8, 4) is 17.3 Å². The van der Waals surface area contributed by atoms with Crippen LogP contribution in [0.2, 0.25) is 0 Å². The maximum absolute atomic E-state index is 12.9. The number of pyridine rings is 1. The van der Waals surface area contributed by atoms with Crippen LogP contribution in [-0.4, -0.2) is 58.5 Å². The second-order valence-electron chi connectivity index (χ2n) is 13.1. The van der Waals surface area contributed by atoms with Gasteiger partial charge in [-0.05, 0) is 73.8 Å². The van der Waals surface area contributed by atoms with Crippen molar-refractivity contribution >= 4 is 5.91 Å². The van der Waals surface area contributed by atoms with Gasteiger partial charge in [-0.3, -0.25) is 4.79 Å². The van der Waals surface area contributed by atoms with Gasteiger partial charge in [0.1, 0.15) is 18.0 Å². The predicted molar refractivity (Wildman–Crippen MR) is 160 cm³/mol. The van der Waals surface area contributed by atoms with Gasteiger partial charge in [0, 0.05) is 43.4 Å². The molecule has 0 saturated heterocycles. The zero-order chi connectivity index (χ0) is 29.9. The van der Waals surface area contributed by atoms with Gasteiger partial charge in [-0.1, -0.05) is 32.9 Å². The third-order valence-corrected chi connectivity index (χ3v) is 8.35. The molecule has 1 amide bonds. The van der Waals surface area contributed by atoms with Crippen LogP contribution in [0.15, 0.2) is 53.4 Å². The summed E-state index contributed by atoms with van der Waals surface area (Å²) in [4.78, 5) is 21.9. The number of nitrogens with zero attached hydrogens (tertiary/aromatic N) is 2. The molecule has 1 fully saturated rings. The second-order valence-corrected chi connectivity index (χ2v) is 13.1. The van der Waals surface area contributed by atoms with Gasteiger partial charge in [-0.2, -0.15) is 0 Å². The molecule has 1 spiro atoms. The Hall–Kier alpha value is -3.27. The summed E-state index contributed by atoms with van der Waals surface area (Å²) in [6.45, 7) is 8.64. The monoisotopic (exact) mass is 576 g/mol. The molecule has 2 aromatic heterocycles. The van der Waals surface area contributed by atoms with Crippen LogP contribution in [0.1, 0.15) is 76.1 Å². The van der Waals surface area contributed by atoms with E-state index in [2.05, 4.69) is 42.5 Å². The number of methoxy groups -OCH3 is 1. The van der Waals surface area contributed by atoms with Crippen LogP contribution >= 0.6 is 0 Å². The molecule has 3 N–H and O–H groups in total. The number of hydrogen-bond acceptors (Lipinski definition) is 8. The number of carbonyl (C=O) groups excluding carboxylic acids is 1. The number of ether oxygens (including phenoxy) is 2. The highest BCUT2D eigenvalue weighted by Gasteiger charge is 2.46. The van der Waals surface area contributed by atoms with E-state index in [9.17, 15) is 9.90 Å². The maximum atomic E-state index is 12.9. The predicted octanol–water partition coefficient (Wildman–Crippen LogP) is 4.78. The summed E-state index contributed by atoms with van der Waals surface area (Å²) in [5, 5.41) is 18.2. The fourth-order valence-corrected chi connectivity index (χ4v) is 5.89. The van der Waals surface area contributed by atoms with E-state index in [1.807, 2.05) is 30.5 Å². The minimum Gasteiger partial charge on any atom is -0.471 e. The van der Waals surface area contributed by atoms with Crippen LogP contribution in [-0.2, 0) is 22.4 Å². The number of oxazole rings is 1. The summed E-state index contributed by atoms with van der Waals surface area (Å²) in [6.07, 6.45) is 8.89. The molecule has 1 aliphatic heterocycles. The minimum atomic E-state index is -0.863. The van der Waals surface area contributed by atoms with Gasteiger partial charge in [-0.15, -0.1) is 0 Å². The van der Waals surface area contributed by atoms with Crippen molar-refractivity contribution < 1.29 is 23.8 Å². The fraction of sp³-hybridized carbons (Fsp3) is 0.545. The van der Waals surface area contributed by atoms with Crippen molar-refractivity contribution in [1.82, 2.24) is 20.6 Å². The SMILES string of the molecule is COC(C)C(=O)N[C@@H](Cc1cccc(-c2ncco2)c1)[C@H](O)CN[C@H]1CC2(CCC2)Oc2ncc(CC(C)(C)C)cc21. The molecule has 2 aliphatic rings. The van der Waals surface area contributed by atoms with Gasteiger partial charge >= 0.3 is 0 Å². The number of hydrogen-bond donors (Lipinski definition) is 3. The van der Waals surface area contributed by atoms with Crippen molar-refractivity contribution in [1.29, 1.82) is 0 Å². The van der Waals surface area contributed by atoms with E-state index in [0.717, 1.165) is 48.8 Å². The Morgan fingerprint density at radius 3 is 2.69 bits per heavy atom. The average Bonchev–Trinajstić information content (AvgIpc) is 3.48. The summed E-state index contributed by atoms with van der Waals surface area (Å²) in [7, 11) is 1.50. The first kappa shape index (κ1) is 30.2. The van der Waals surface area contributed by atoms with Crippen molar-refractivity contribution in [2.24, 2.45) is 5.41 Å². The van der Waals surface area contributed by atoms with Crippen molar-refractivity contribution in [2.45, 2.75) is 96.1 Å². The third-order valence-electron chi connectivity index (χ3n) is 8.35. The van der Waals surface area contributed by atoms with E-state index in [-0.39, 0.29) is 29.5 Å². The van der Waals surface area contributed by atoms with Gasteiger partial charge in [0.2, 0.25) is 17.7 Å². The molecule has 1 saturated carbocycles. The topological polar surface area (TPSA) is 119 Å². The maximum Gasteiger partial charge on any atom is 0.249 e. The average molecular weight is 577 g/mol. The lowest BCUT2D eigenvalue weighted by Gasteiger charge is -2.47. The van der Waals surface area contributed by atoms with Crippen molar-refractivity contribution in [3.63, 3.8) is 0 Å². The summed E-state index contributed by atoms with van der Waals surface area (Å²) < 4.78 is 17.1. The van der Waals surface area contributed by atoms with Crippen LogP contribution in [0, 0.1) is 5.41 Å². The Bertz CT molecular complexity index is 1350. The summed E-state index contributed by atoms with van der Waals surface area (Å²) >= 11 is 0.